The molecule has 0 spiro atoms. The van der Waals surface area contributed by atoms with Crippen LogP contribution in [-0.4, -0.2) is 43.2 Å². The van der Waals surface area contributed by atoms with E-state index in [0.29, 0.717) is 19.2 Å². The fourth-order valence-corrected chi connectivity index (χ4v) is 3.64. The number of amides is 1. The van der Waals surface area contributed by atoms with Crippen molar-refractivity contribution in [3.05, 3.63) is 23.8 Å². The number of fused-ring (bicyclic) bond motifs is 1. The summed E-state index contributed by atoms with van der Waals surface area (Å²) in [5.41, 5.74) is 1.08. The van der Waals surface area contributed by atoms with Gasteiger partial charge in [0.2, 0.25) is 5.91 Å². The predicted octanol–water partition coefficient (Wildman–Crippen LogP) is 2.73. The van der Waals surface area contributed by atoms with E-state index in [1.165, 1.54) is 12.8 Å². The lowest BCUT2D eigenvalue weighted by molar-refractivity contribution is -0.127. The average molecular weight is 332 g/mol. The van der Waals surface area contributed by atoms with Gasteiger partial charge in [0.15, 0.2) is 11.5 Å². The van der Waals surface area contributed by atoms with Gasteiger partial charge < -0.3 is 14.8 Å². The Kier molecular flexibility index (Phi) is 5.61. The molecular formula is C19H28N2O3. The SMILES string of the molecule is COc1cccc2c1OCCCN(C(C)C(=O)NC1CCCC1)C2. The quantitative estimate of drug-likeness (QED) is 0.921. The minimum Gasteiger partial charge on any atom is -0.493 e. The van der Waals surface area contributed by atoms with E-state index in [0.717, 1.165) is 42.9 Å². The molecule has 3 rings (SSSR count). The number of carbonyl (C=O) groups excluding carboxylic acids is 1. The van der Waals surface area contributed by atoms with Gasteiger partial charge in [0.25, 0.3) is 0 Å². The molecule has 1 aromatic rings. The maximum atomic E-state index is 12.6. The van der Waals surface area contributed by atoms with Gasteiger partial charge in [-0.25, -0.2) is 0 Å². The monoisotopic (exact) mass is 332 g/mol. The second-order valence-corrected chi connectivity index (χ2v) is 6.79. The highest BCUT2D eigenvalue weighted by Crippen LogP contribution is 2.33. The number of benzene rings is 1. The van der Waals surface area contributed by atoms with Crippen molar-refractivity contribution in [3.8, 4) is 11.5 Å². The zero-order valence-electron chi connectivity index (χ0n) is 14.7. The number of nitrogens with zero attached hydrogens (tertiary/aromatic N) is 1. The molecule has 1 amide bonds. The van der Waals surface area contributed by atoms with E-state index in [1.54, 1.807) is 7.11 Å². The van der Waals surface area contributed by atoms with Gasteiger partial charge in [-0.2, -0.15) is 0 Å². The molecule has 0 saturated heterocycles. The third kappa shape index (κ3) is 3.83. The molecule has 0 radical (unpaired) electrons. The summed E-state index contributed by atoms with van der Waals surface area (Å²) in [6, 6.07) is 6.18. The average Bonchev–Trinajstić information content (AvgIpc) is 3.07. The molecule has 1 aliphatic carbocycles. The molecule has 1 saturated carbocycles. The topological polar surface area (TPSA) is 50.8 Å². The third-order valence-electron chi connectivity index (χ3n) is 5.12. The zero-order chi connectivity index (χ0) is 16.9. The van der Waals surface area contributed by atoms with Gasteiger partial charge in [-0.05, 0) is 32.3 Å². The van der Waals surface area contributed by atoms with Crippen LogP contribution >= 0.6 is 0 Å². The first kappa shape index (κ1) is 17.1. The fourth-order valence-electron chi connectivity index (χ4n) is 3.64. The van der Waals surface area contributed by atoms with Gasteiger partial charge in [0.05, 0.1) is 19.8 Å². The van der Waals surface area contributed by atoms with Crippen LogP contribution in [0.3, 0.4) is 0 Å². The molecule has 5 nitrogen and oxygen atoms in total. The van der Waals surface area contributed by atoms with Crippen molar-refractivity contribution in [1.29, 1.82) is 0 Å². The highest BCUT2D eigenvalue weighted by molar-refractivity contribution is 5.81. The van der Waals surface area contributed by atoms with Crippen LogP contribution < -0.4 is 14.8 Å². The second-order valence-electron chi connectivity index (χ2n) is 6.79. The van der Waals surface area contributed by atoms with Crippen molar-refractivity contribution in [1.82, 2.24) is 10.2 Å². The molecule has 1 heterocycles. The molecule has 1 N–H and O–H groups in total. The fraction of sp³-hybridized carbons (Fsp3) is 0.632. The molecule has 0 bridgehead atoms. The molecular weight excluding hydrogens is 304 g/mol. The predicted molar refractivity (Wildman–Crippen MR) is 93.4 cm³/mol. The number of carbonyl (C=O) groups is 1. The van der Waals surface area contributed by atoms with E-state index in [2.05, 4.69) is 16.3 Å². The number of rotatable bonds is 4. The Morgan fingerprint density at radius 2 is 2.12 bits per heavy atom. The maximum absolute atomic E-state index is 12.6. The summed E-state index contributed by atoms with van der Waals surface area (Å²) in [4.78, 5) is 14.9. The Balaban J connectivity index is 1.71. The number of hydrogen-bond acceptors (Lipinski definition) is 4. The van der Waals surface area contributed by atoms with E-state index >= 15 is 0 Å². The first-order valence-corrected chi connectivity index (χ1v) is 9.02. The Morgan fingerprint density at radius 3 is 2.88 bits per heavy atom. The van der Waals surface area contributed by atoms with Crippen molar-refractivity contribution in [3.63, 3.8) is 0 Å². The number of methoxy groups -OCH3 is 1. The second kappa shape index (κ2) is 7.88. The number of hydrogen-bond donors (Lipinski definition) is 1. The van der Waals surface area contributed by atoms with Crippen molar-refractivity contribution >= 4 is 5.91 Å². The van der Waals surface area contributed by atoms with Crippen LogP contribution in [0.2, 0.25) is 0 Å². The van der Waals surface area contributed by atoms with E-state index in [-0.39, 0.29) is 11.9 Å². The van der Waals surface area contributed by atoms with Gasteiger partial charge in [-0.3, -0.25) is 9.69 Å². The molecule has 0 aromatic heterocycles. The minimum atomic E-state index is -0.136. The smallest absolute Gasteiger partial charge is 0.237 e. The van der Waals surface area contributed by atoms with E-state index in [1.807, 2.05) is 19.1 Å². The van der Waals surface area contributed by atoms with Crippen molar-refractivity contribution < 1.29 is 14.3 Å². The Bertz CT molecular complexity index is 570. The Hall–Kier alpha value is -1.75. The Labute approximate surface area is 144 Å². The van der Waals surface area contributed by atoms with Crippen molar-refractivity contribution in [2.45, 2.75) is 57.7 Å². The lowest BCUT2D eigenvalue weighted by Crippen LogP contribution is -2.48. The van der Waals surface area contributed by atoms with Crippen LogP contribution in [-0.2, 0) is 11.3 Å². The van der Waals surface area contributed by atoms with Gasteiger partial charge in [-0.1, -0.05) is 25.0 Å². The molecule has 1 aliphatic heterocycles. The van der Waals surface area contributed by atoms with Crippen LogP contribution in [0.15, 0.2) is 18.2 Å². The van der Waals surface area contributed by atoms with Gasteiger partial charge in [0.1, 0.15) is 0 Å². The zero-order valence-corrected chi connectivity index (χ0v) is 14.7. The van der Waals surface area contributed by atoms with Crippen LogP contribution in [0, 0.1) is 0 Å². The molecule has 132 valence electrons. The summed E-state index contributed by atoms with van der Waals surface area (Å²) < 4.78 is 11.3. The molecule has 2 aliphatic rings. The normalized spacial score (nSPS) is 20.4. The van der Waals surface area contributed by atoms with Crippen LogP contribution in [0.5, 0.6) is 11.5 Å². The largest absolute Gasteiger partial charge is 0.493 e. The van der Waals surface area contributed by atoms with E-state index < -0.39 is 0 Å². The molecule has 24 heavy (non-hydrogen) atoms. The van der Waals surface area contributed by atoms with Gasteiger partial charge in [0, 0.05) is 24.7 Å². The van der Waals surface area contributed by atoms with E-state index in [9.17, 15) is 4.79 Å². The standard InChI is InChI=1S/C19H28N2O3/c1-14(19(22)20-16-8-3-4-9-16)21-11-6-12-24-18-15(13-21)7-5-10-17(18)23-2/h5,7,10,14,16H,3-4,6,8-9,11-13H2,1-2H3,(H,20,22). The summed E-state index contributed by atoms with van der Waals surface area (Å²) in [6.07, 6.45) is 5.60. The highest BCUT2D eigenvalue weighted by atomic mass is 16.5. The van der Waals surface area contributed by atoms with Gasteiger partial charge in [-0.15, -0.1) is 0 Å². The summed E-state index contributed by atoms with van der Waals surface area (Å²) >= 11 is 0. The lowest BCUT2D eigenvalue weighted by atomic mass is 10.1. The van der Waals surface area contributed by atoms with Crippen molar-refractivity contribution in [2.24, 2.45) is 0 Å². The molecule has 1 unspecified atom stereocenters. The van der Waals surface area contributed by atoms with Crippen LogP contribution in [0.25, 0.3) is 0 Å². The number of para-hydroxylation sites is 1. The minimum absolute atomic E-state index is 0.136. The summed E-state index contributed by atoms with van der Waals surface area (Å²) in [5, 5.41) is 3.22. The third-order valence-corrected chi connectivity index (χ3v) is 5.12. The first-order valence-electron chi connectivity index (χ1n) is 9.02. The molecule has 1 fully saturated rings. The number of nitrogens with one attached hydrogen (secondary N) is 1. The highest BCUT2D eigenvalue weighted by Gasteiger charge is 2.27. The lowest BCUT2D eigenvalue weighted by Gasteiger charge is -2.31. The Morgan fingerprint density at radius 1 is 1.33 bits per heavy atom. The van der Waals surface area contributed by atoms with Crippen LogP contribution in [0.1, 0.15) is 44.6 Å². The van der Waals surface area contributed by atoms with E-state index in [4.69, 9.17) is 9.47 Å². The first-order chi connectivity index (χ1) is 11.7. The molecule has 5 heteroatoms. The molecule has 1 aromatic carbocycles. The maximum Gasteiger partial charge on any atom is 0.237 e. The summed E-state index contributed by atoms with van der Waals surface area (Å²) in [7, 11) is 1.66. The summed E-state index contributed by atoms with van der Waals surface area (Å²) in [6.45, 7) is 4.20. The van der Waals surface area contributed by atoms with Crippen LogP contribution in [0.4, 0.5) is 0 Å². The molecule has 1 atom stereocenters. The number of ether oxygens (including phenoxy) is 2. The van der Waals surface area contributed by atoms with Crippen molar-refractivity contribution in [2.75, 3.05) is 20.3 Å². The van der Waals surface area contributed by atoms with Gasteiger partial charge >= 0.3 is 0 Å². The summed E-state index contributed by atoms with van der Waals surface area (Å²) in [5.74, 6) is 1.72.